The van der Waals surface area contributed by atoms with Crippen molar-refractivity contribution in [2.24, 2.45) is 0 Å². The molecule has 2 aromatic rings. The van der Waals surface area contributed by atoms with Crippen LogP contribution >= 0.6 is 11.6 Å². The molecule has 0 aliphatic carbocycles. The Morgan fingerprint density at radius 3 is 2.54 bits per heavy atom. The van der Waals surface area contributed by atoms with Gasteiger partial charge in [-0.15, -0.1) is 0 Å². The summed E-state index contributed by atoms with van der Waals surface area (Å²) in [4.78, 5) is 12.0. The number of carbonyl (C=O) groups is 1. The molecular weight excluding hydrogens is 376 g/mol. The first-order valence-corrected chi connectivity index (χ1v) is 9.49. The Kier molecular flexibility index (Phi) is 8.38. The van der Waals surface area contributed by atoms with E-state index in [4.69, 9.17) is 21.1 Å². The second kappa shape index (κ2) is 11.0. The van der Waals surface area contributed by atoms with E-state index in [1.54, 1.807) is 18.2 Å². The van der Waals surface area contributed by atoms with Gasteiger partial charge in [0.2, 0.25) is 0 Å². The Morgan fingerprint density at radius 2 is 1.89 bits per heavy atom. The van der Waals surface area contributed by atoms with Crippen LogP contribution in [0.3, 0.4) is 0 Å². The van der Waals surface area contributed by atoms with Crippen LogP contribution < -0.4 is 14.8 Å². The molecule has 2 aromatic carbocycles. The zero-order valence-corrected chi connectivity index (χ0v) is 16.8. The summed E-state index contributed by atoms with van der Waals surface area (Å²) in [5.41, 5.74) is 1.71. The second-order valence-electron chi connectivity index (χ2n) is 5.98. The first kappa shape index (κ1) is 21.3. The van der Waals surface area contributed by atoms with Crippen molar-refractivity contribution in [3.05, 3.63) is 64.2 Å². The molecule has 0 bridgehead atoms. The van der Waals surface area contributed by atoms with Gasteiger partial charge in [-0.3, -0.25) is 4.79 Å². The van der Waals surface area contributed by atoms with E-state index in [1.165, 1.54) is 6.08 Å². The number of carbonyl (C=O) groups excluding carboxylic acids is 1. The van der Waals surface area contributed by atoms with Crippen LogP contribution in [0.25, 0.3) is 6.08 Å². The van der Waals surface area contributed by atoms with Crippen molar-refractivity contribution >= 4 is 23.6 Å². The highest BCUT2D eigenvalue weighted by Crippen LogP contribution is 2.30. The Labute approximate surface area is 170 Å². The highest BCUT2D eigenvalue weighted by Gasteiger charge is 2.11. The molecular formula is C22H23ClN2O3. The second-order valence-corrected chi connectivity index (χ2v) is 6.42. The number of benzene rings is 2. The molecule has 146 valence electrons. The summed E-state index contributed by atoms with van der Waals surface area (Å²) in [7, 11) is 0. The lowest BCUT2D eigenvalue weighted by atomic mass is 10.1. The quantitative estimate of drug-likeness (QED) is 0.488. The molecule has 6 heteroatoms. The van der Waals surface area contributed by atoms with Gasteiger partial charge in [0.25, 0.3) is 5.91 Å². The average molecular weight is 399 g/mol. The molecule has 0 aliphatic heterocycles. The number of nitriles is 1. The third kappa shape index (κ3) is 6.33. The van der Waals surface area contributed by atoms with E-state index in [2.05, 4.69) is 5.32 Å². The number of nitrogens with zero attached hydrogens (tertiary/aromatic N) is 1. The molecule has 28 heavy (non-hydrogen) atoms. The van der Waals surface area contributed by atoms with Crippen LogP contribution in [-0.2, 0) is 11.4 Å². The van der Waals surface area contributed by atoms with Crippen LogP contribution in [0.5, 0.6) is 11.5 Å². The van der Waals surface area contributed by atoms with Crippen molar-refractivity contribution in [3.63, 3.8) is 0 Å². The molecule has 0 aromatic heterocycles. The minimum absolute atomic E-state index is 0.0470. The lowest BCUT2D eigenvalue weighted by Crippen LogP contribution is -2.25. The third-order valence-electron chi connectivity index (χ3n) is 3.79. The van der Waals surface area contributed by atoms with E-state index in [1.807, 2.05) is 44.2 Å². The summed E-state index contributed by atoms with van der Waals surface area (Å²) in [5.74, 6) is 0.754. The number of halogens is 1. The van der Waals surface area contributed by atoms with Gasteiger partial charge in [-0.05, 0) is 54.8 Å². The maximum absolute atomic E-state index is 12.0. The van der Waals surface area contributed by atoms with Gasteiger partial charge >= 0.3 is 0 Å². The van der Waals surface area contributed by atoms with Crippen LogP contribution in [0, 0.1) is 11.3 Å². The van der Waals surface area contributed by atoms with Crippen LogP contribution in [0.4, 0.5) is 0 Å². The highest BCUT2D eigenvalue weighted by atomic mass is 35.5. The number of amides is 1. The molecule has 0 spiro atoms. The summed E-state index contributed by atoms with van der Waals surface area (Å²) < 4.78 is 11.5. The number of ether oxygens (including phenoxy) is 2. The standard InChI is InChI=1S/C22H23ClN2O3/c1-3-11-25-22(26)18(14-24)12-17-7-10-20(21(13-17)27-4-2)28-15-16-5-8-19(23)9-6-16/h5-10,12-13H,3-4,11,15H2,1-2H3,(H,25,26). The van der Waals surface area contributed by atoms with Gasteiger partial charge in [-0.2, -0.15) is 5.26 Å². The zero-order valence-electron chi connectivity index (χ0n) is 16.0. The molecule has 0 fully saturated rings. The SMILES string of the molecule is CCCNC(=O)C(C#N)=Cc1ccc(OCc2ccc(Cl)cc2)c(OCC)c1. The van der Waals surface area contributed by atoms with Crippen molar-refractivity contribution < 1.29 is 14.3 Å². The normalized spacial score (nSPS) is 10.9. The van der Waals surface area contributed by atoms with Gasteiger partial charge in [-0.25, -0.2) is 0 Å². The van der Waals surface area contributed by atoms with Gasteiger partial charge in [0.05, 0.1) is 6.61 Å². The highest BCUT2D eigenvalue weighted by molar-refractivity contribution is 6.30. The third-order valence-corrected chi connectivity index (χ3v) is 4.04. The van der Waals surface area contributed by atoms with Gasteiger partial charge < -0.3 is 14.8 Å². The van der Waals surface area contributed by atoms with Crippen molar-refractivity contribution in [2.45, 2.75) is 26.9 Å². The van der Waals surface area contributed by atoms with Gasteiger partial charge in [-0.1, -0.05) is 36.7 Å². The monoisotopic (exact) mass is 398 g/mol. The molecule has 1 N–H and O–H groups in total. The lowest BCUT2D eigenvalue weighted by Gasteiger charge is -2.13. The van der Waals surface area contributed by atoms with E-state index in [0.717, 1.165) is 12.0 Å². The minimum Gasteiger partial charge on any atom is -0.490 e. The molecule has 2 rings (SSSR count). The van der Waals surface area contributed by atoms with Crippen LogP contribution in [0.1, 0.15) is 31.4 Å². The molecule has 1 amide bonds. The summed E-state index contributed by atoms with van der Waals surface area (Å²) in [6, 6.07) is 14.7. The summed E-state index contributed by atoms with van der Waals surface area (Å²) in [6.07, 6.45) is 2.34. The Morgan fingerprint density at radius 1 is 1.14 bits per heavy atom. The number of rotatable bonds is 9. The van der Waals surface area contributed by atoms with Crippen LogP contribution in [0.2, 0.25) is 5.02 Å². The van der Waals surface area contributed by atoms with Crippen LogP contribution in [-0.4, -0.2) is 19.1 Å². The van der Waals surface area contributed by atoms with Gasteiger partial charge in [0, 0.05) is 11.6 Å². The smallest absolute Gasteiger partial charge is 0.261 e. The van der Waals surface area contributed by atoms with E-state index < -0.39 is 0 Å². The average Bonchev–Trinajstić information content (AvgIpc) is 2.71. The fraction of sp³-hybridized carbons (Fsp3) is 0.273. The van der Waals surface area contributed by atoms with Crippen LogP contribution in [0.15, 0.2) is 48.0 Å². The first-order chi connectivity index (χ1) is 13.6. The Bertz CT molecular complexity index is 870. The first-order valence-electron chi connectivity index (χ1n) is 9.11. The predicted molar refractivity (Wildman–Crippen MR) is 110 cm³/mol. The lowest BCUT2D eigenvalue weighted by molar-refractivity contribution is -0.117. The minimum atomic E-state index is -0.384. The van der Waals surface area contributed by atoms with Gasteiger partial charge in [0.1, 0.15) is 18.2 Å². The van der Waals surface area contributed by atoms with E-state index >= 15 is 0 Å². The largest absolute Gasteiger partial charge is 0.490 e. The number of hydrogen-bond acceptors (Lipinski definition) is 4. The van der Waals surface area contributed by atoms with Crippen molar-refractivity contribution in [3.8, 4) is 17.6 Å². The fourth-order valence-electron chi connectivity index (χ4n) is 2.39. The van der Waals surface area contributed by atoms with E-state index in [0.29, 0.717) is 41.8 Å². The Hall–Kier alpha value is -2.97. The van der Waals surface area contributed by atoms with E-state index in [9.17, 15) is 10.1 Å². The zero-order chi connectivity index (χ0) is 20.4. The molecule has 0 saturated carbocycles. The fourth-order valence-corrected chi connectivity index (χ4v) is 2.52. The Balaban J connectivity index is 2.18. The molecule has 0 saturated heterocycles. The molecule has 0 unspecified atom stereocenters. The maximum atomic E-state index is 12.0. The number of hydrogen-bond donors (Lipinski definition) is 1. The summed E-state index contributed by atoms with van der Waals surface area (Å²) in [5, 5.41) is 12.6. The van der Waals surface area contributed by atoms with Crippen molar-refractivity contribution in [2.75, 3.05) is 13.2 Å². The van der Waals surface area contributed by atoms with E-state index in [-0.39, 0.29) is 11.5 Å². The molecule has 0 heterocycles. The van der Waals surface area contributed by atoms with Crippen molar-refractivity contribution in [1.29, 1.82) is 5.26 Å². The predicted octanol–water partition coefficient (Wildman–Crippen LogP) is 4.75. The molecule has 0 aliphatic rings. The summed E-state index contributed by atoms with van der Waals surface area (Å²) in [6.45, 7) is 5.19. The van der Waals surface area contributed by atoms with Crippen molar-refractivity contribution in [1.82, 2.24) is 5.32 Å². The molecule has 5 nitrogen and oxygen atoms in total. The molecule has 0 radical (unpaired) electrons. The number of nitrogens with one attached hydrogen (secondary N) is 1. The molecule has 0 atom stereocenters. The maximum Gasteiger partial charge on any atom is 0.261 e. The van der Waals surface area contributed by atoms with Gasteiger partial charge in [0.15, 0.2) is 11.5 Å². The summed E-state index contributed by atoms with van der Waals surface area (Å²) >= 11 is 5.90. The topological polar surface area (TPSA) is 71.4 Å².